The van der Waals surface area contributed by atoms with E-state index < -0.39 is 0 Å². The van der Waals surface area contributed by atoms with Crippen LogP contribution in [0, 0.1) is 3.57 Å². The van der Waals surface area contributed by atoms with Crippen LogP contribution >= 0.6 is 38.5 Å². The minimum absolute atomic E-state index is 0.329. The van der Waals surface area contributed by atoms with Crippen molar-refractivity contribution < 1.29 is 4.79 Å². The summed E-state index contributed by atoms with van der Waals surface area (Å²) in [5.41, 5.74) is 1.12. The number of Topliss-reactive ketones (excluding diaryl/α,β-unsaturated/α-hetero) is 1. The second-order valence-corrected chi connectivity index (χ2v) is 5.41. The van der Waals surface area contributed by atoms with E-state index in [9.17, 15) is 4.79 Å². The molecule has 0 N–H and O–H groups in total. The van der Waals surface area contributed by atoms with E-state index in [1.54, 1.807) is 0 Å². The summed E-state index contributed by atoms with van der Waals surface area (Å²) in [6, 6.07) is 6.19. The zero-order chi connectivity index (χ0) is 10.1. The van der Waals surface area contributed by atoms with Crippen LogP contribution in [-0.2, 0) is 4.79 Å². The van der Waals surface area contributed by atoms with Crippen LogP contribution in [0.15, 0.2) is 22.7 Å². The van der Waals surface area contributed by atoms with Gasteiger partial charge in [-0.2, -0.15) is 0 Å². The van der Waals surface area contributed by atoms with Crippen molar-refractivity contribution in [3.63, 3.8) is 0 Å². The maximum atomic E-state index is 11.1. The van der Waals surface area contributed by atoms with Gasteiger partial charge in [-0.1, -0.05) is 0 Å². The van der Waals surface area contributed by atoms with Gasteiger partial charge in [-0.15, -0.1) is 0 Å². The monoisotopic (exact) mass is 365 g/mol. The largest absolute Gasteiger partial charge is 0.363 e. The van der Waals surface area contributed by atoms with Crippen LogP contribution in [-0.4, -0.2) is 18.9 Å². The number of hydrogen-bond acceptors (Lipinski definition) is 2. The lowest BCUT2D eigenvalue weighted by Crippen LogP contribution is -2.19. The summed E-state index contributed by atoms with van der Waals surface area (Å²) in [7, 11) is 0. The fourth-order valence-electron chi connectivity index (χ4n) is 1.57. The lowest BCUT2D eigenvalue weighted by molar-refractivity contribution is -0.116. The number of ketones is 1. The molecule has 0 radical (unpaired) electrons. The fraction of sp³-hybridized carbons (Fsp3) is 0.300. The van der Waals surface area contributed by atoms with Gasteiger partial charge in [0.1, 0.15) is 0 Å². The predicted octanol–water partition coefficient (Wildman–Crippen LogP) is 2.83. The number of nitrogens with zero attached hydrogens (tertiary/aromatic N) is 1. The third-order valence-corrected chi connectivity index (χ3v) is 3.58. The first kappa shape index (κ1) is 10.4. The number of carbonyl (C=O) groups excluding carboxylic acids is 1. The quantitative estimate of drug-likeness (QED) is 0.713. The summed E-state index contributed by atoms with van der Waals surface area (Å²) in [6.45, 7) is 1.40. The van der Waals surface area contributed by atoms with Crippen molar-refractivity contribution in [2.24, 2.45) is 0 Å². The first-order valence-corrected chi connectivity index (χ1v) is 6.26. The van der Waals surface area contributed by atoms with Crippen LogP contribution in [0.1, 0.15) is 6.42 Å². The Balaban J connectivity index is 2.28. The van der Waals surface area contributed by atoms with Crippen LogP contribution in [0.5, 0.6) is 0 Å². The van der Waals surface area contributed by atoms with Crippen molar-refractivity contribution in [1.82, 2.24) is 0 Å². The van der Waals surface area contributed by atoms with Crippen molar-refractivity contribution in [2.45, 2.75) is 6.42 Å². The molecule has 0 aliphatic carbocycles. The summed E-state index contributed by atoms with van der Waals surface area (Å²) >= 11 is 5.79. The molecule has 0 aromatic heterocycles. The summed E-state index contributed by atoms with van der Waals surface area (Å²) in [4.78, 5) is 13.3. The topological polar surface area (TPSA) is 20.3 Å². The number of benzene rings is 1. The fourth-order valence-corrected chi connectivity index (χ4v) is 3.12. The highest BCUT2D eigenvalue weighted by Gasteiger charge is 2.20. The van der Waals surface area contributed by atoms with E-state index in [2.05, 4.69) is 61.6 Å². The Bertz CT molecular complexity index is 380. The molecule has 74 valence electrons. The first-order chi connectivity index (χ1) is 6.66. The van der Waals surface area contributed by atoms with Gasteiger partial charge in [-0.25, -0.2) is 0 Å². The van der Waals surface area contributed by atoms with Crippen LogP contribution in [0.3, 0.4) is 0 Å². The highest BCUT2D eigenvalue weighted by Crippen LogP contribution is 2.29. The Morgan fingerprint density at radius 2 is 2.21 bits per heavy atom. The van der Waals surface area contributed by atoms with Gasteiger partial charge in [0, 0.05) is 21.0 Å². The molecular weight excluding hydrogens is 357 g/mol. The Morgan fingerprint density at radius 3 is 2.79 bits per heavy atom. The molecular formula is C10H9BrINO. The summed E-state index contributed by atoms with van der Waals surface area (Å²) in [6.07, 6.45) is 0.679. The third kappa shape index (κ3) is 2.11. The van der Waals surface area contributed by atoms with E-state index in [0.29, 0.717) is 18.7 Å². The van der Waals surface area contributed by atoms with E-state index in [0.717, 1.165) is 16.7 Å². The van der Waals surface area contributed by atoms with Gasteiger partial charge >= 0.3 is 0 Å². The van der Waals surface area contributed by atoms with Gasteiger partial charge in [0.2, 0.25) is 0 Å². The van der Waals surface area contributed by atoms with E-state index >= 15 is 0 Å². The molecule has 0 unspecified atom stereocenters. The number of hydrogen-bond donors (Lipinski definition) is 0. The smallest absolute Gasteiger partial charge is 0.153 e. The van der Waals surface area contributed by atoms with Gasteiger partial charge < -0.3 is 4.90 Å². The minimum atomic E-state index is 0.329. The van der Waals surface area contributed by atoms with Crippen molar-refractivity contribution in [3.05, 3.63) is 26.2 Å². The second-order valence-electron chi connectivity index (χ2n) is 3.31. The summed E-state index contributed by atoms with van der Waals surface area (Å²) < 4.78 is 2.27. The molecule has 0 atom stereocenters. The molecule has 0 amide bonds. The molecule has 1 heterocycles. The maximum absolute atomic E-state index is 11.1. The van der Waals surface area contributed by atoms with Gasteiger partial charge in [0.05, 0.1) is 12.2 Å². The van der Waals surface area contributed by atoms with Crippen molar-refractivity contribution in [2.75, 3.05) is 18.0 Å². The van der Waals surface area contributed by atoms with Gasteiger partial charge in [0.15, 0.2) is 5.78 Å². The molecule has 1 fully saturated rings. The van der Waals surface area contributed by atoms with Crippen LogP contribution < -0.4 is 4.90 Å². The Hall–Kier alpha value is -0.100. The minimum Gasteiger partial charge on any atom is -0.363 e. The Kier molecular flexibility index (Phi) is 3.11. The molecule has 4 heteroatoms. The Labute approximate surface area is 105 Å². The lowest BCUT2D eigenvalue weighted by Gasteiger charge is -2.18. The lowest BCUT2D eigenvalue weighted by atomic mass is 10.3. The number of anilines is 1. The molecule has 1 aromatic rings. The second kappa shape index (κ2) is 4.18. The highest BCUT2D eigenvalue weighted by atomic mass is 127. The number of carbonyl (C=O) groups is 1. The molecule has 1 aliphatic heterocycles. The molecule has 2 nitrogen and oxygen atoms in total. The van der Waals surface area contributed by atoms with Crippen LogP contribution in [0.2, 0.25) is 0 Å². The highest BCUT2D eigenvalue weighted by molar-refractivity contribution is 14.1. The average molecular weight is 366 g/mol. The van der Waals surface area contributed by atoms with E-state index in [1.807, 2.05) is 0 Å². The SMILES string of the molecule is O=C1CCN(c2ccc(I)cc2Br)C1. The third-order valence-electron chi connectivity index (χ3n) is 2.28. The first-order valence-electron chi connectivity index (χ1n) is 4.38. The van der Waals surface area contributed by atoms with Crippen molar-refractivity contribution in [1.29, 1.82) is 0 Å². The van der Waals surface area contributed by atoms with E-state index in [4.69, 9.17) is 0 Å². The van der Waals surface area contributed by atoms with Gasteiger partial charge in [-0.3, -0.25) is 4.79 Å². The normalized spacial score (nSPS) is 16.4. The molecule has 14 heavy (non-hydrogen) atoms. The van der Waals surface area contributed by atoms with Crippen LogP contribution in [0.25, 0.3) is 0 Å². The zero-order valence-corrected chi connectivity index (χ0v) is 11.2. The summed E-state index contributed by atoms with van der Waals surface area (Å²) in [5.74, 6) is 0.329. The Morgan fingerprint density at radius 1 is 1.43 bits per heavy atom. The van der Waals surface area contributed by atoms with Gasteiger partial charge in [-0.05, 0) is 56.7 Å². The molecule has 0 bridgehead atoms. The van der Waals surface area contributed by atoms with Crippen molar-refractivity contribution in [3.8, 4) is 0 Å². The molecule has 0 saturated carbocycles. The van der Waals surface area contributed by atoms with E-state index in [1.165, 1.54) is 3.57 Å². The van der Waals surface area contributed by atoms with E-state index in [-0.39, 0.29) is 0 Å². The molecule has 2 rings (SSSR count). The van der Waals surface area contributed by atoms with Gasteiger partial charge in [0.25, 0.3) is 0 Å². The van der Waals surface area contributed by atoms with Crippen LogP contribution in [0.4, 0.5) is 5.69 Å². The standard InChI is InChI=1S/C10H9BrINO/c11-9-5-7(12)1-2-10(9)13-4-3-8(14)6-13/h1-2,5H,3-4,6H2. The molecule has 1 saturated heterocycles. The predicted molar refractivity (Wildman–Crippen MR) is 68.7 cm³/mol. The zero-order valence-electron chi connectivity index (χ0n) is 7.46. The number of halogens is 2. The molecule has 1 aliphatic rings. The maximum Gasteiger partial charge on any atom is 0.153 e. The molecule has 1 aromatic carbocycles. The van der Waals surface area contributed by atoms with Crippen molar-refractivity contribution >= 4 is 50.0 Å². The average Bonchev–Trinajstić information content (AvgIpc) is 2.51. The summed E-state index contributed by atoms with van der Waals surface area (Å²) in [5, 5.41) is 0. The molecule has 0 spiro atoms. The number of rotatable bonds is 1.